The van der Waals surface area contributed by atoms with Gasteiger partial charge in [0.1, 0.15) is 0 Å². The lowest BCUT2D eigenvalue weighted by Gasteiger charge is -2.26. The van der Waals surface area contributed by atoms with Gasteiger partial charge in [0.2, 0.25) is 5.82 Å². The summed E-state index contributed by atoms with van der Waals surface area (Å²) in [6, 6.07) is 1.02. The number of rotatable bonds is 6. The highest BCUT2D eigenvalue weighted by Gasteiger charge is 2.19. The van der Waals surface area contributed by atoms with E-state index in [1.807, 2.05) is 11.8 Å². The molecule has 0 saturated carbocycles. The number of hydrogen-bond acceptors (Lipinski definition) is 7. The van der Waals surface area contributed by atoms with Gasteiger partial charge >= 0.3 is 11.7 Å². The van der Waals surface area contributed by atoms with Gasteiger partial charge in [0, 0.05) is 49.9 Å². The van der Waals surface area contributed by atoms with Crippen molar-refractivity contribution in [2.24, 2.45) is 0 Å². The Bertz CT molecular complexity index is 534. The fourth-order valence-corrected chi connectivity index (χ4v) is 2.98. The number of carbonyl (C=O) groups is 1. The maximum absolute atomic E-state index is 11.0. The van der Waals surface area contributed by atoms with E-state index in [9.17, 15) is 14.9 Å². The molecule has 0 aliphatic carbocycles. The fourth-order valence-electron chi connectivity index (χ4n) is 2.00. The van der Waals surface area contributed by atoms with Crippen LogP contribution in [-0.2, 0) is 0 Å². The maximum Gasteiger partial charge on any atom is 0.337 e. The molecule has 0 bridgehead atoms. The van der Waals surface area contributed by atoms with E-state index in [1.165, 1.54) is 0 Å². The van der Waals surface area contributed by atoms with Crippen molar-refractivity contribution in [3.05, 3.63) is 27.9 Å². The molecule has 1 aliphatic heterocycles. The third-order valence-corrected chi connectivity index (χ3v) is 4.08. The Kier molecular flexibility index (Phi) is 5.34. The van der Waals surface area contributed by atoms with Gasteiger partial charge in [-0.1, -0.05) is 0 Å². The molecule has 0 radical (unpaired) electrons. The molecular formula is C12H16N4O4S. The molecule has 8 nitrogen and oxygen atoms in total. The summed E-state index contributed by atoms with van der Waals surface area (Å²) in [5.74, 6) is 1.08. The van der Waals surface area contributed by atoms with Gasteiger partial charge in [-0.3, -0.25) is 15.0 Å². The Morgan fingerprint density at radius 1 is 1.52 bits per heavy atom. The van der Waals surface area contributed by atoms with E-state index in [0.717, 1.165) is 43.4 Å². The van der Waals surface area contributed by atoms with Crippen LogP contribution < -0.4 is 5.32 Å². The SMILES string of the molecule is O=C(O)c1cnc(NCCN2CCSCC2)c([N+](=O)[O-])c1. The molecular weight excluding hydrogens is 296 g/mol. The summed E-state index contributed by atoms with van der Waals surface area (Å²) >= 11 is 1.92. The fraction of sp³-hybridized carbons (Fsp3) is 0.500. The molecule has 0 aromatic carbocycles. The zero-order valence-corrected chi connectivity index (χ0v) is 12.1. The van der Waals surface area contributed by atoms with Crippen LogP contribution in [0.2, 0.25) is 0 Å². The van der Waals surface area contributed by atoms with Crippen molar-refractivity contribution in [1.29, 1.82) is 0 Å². The number of carboxylic acids is 1. The Labute approximate surface area is 125 Å². The normalized spacial score (nSPS) is 15.6. The first-order chi connectivity index (χ1) is 10.1. The lowest BCUT2D eigenvalue weighted by atomic mass is 10.2. The Morgan fingerprint density at radius 3 is 2.86 bits per heavy atom. The molecule has 2 rings (SSSR count). The van der Waals surface area contributed by atoms with Crippen LogP contribution in [0.4, 0.5) is 11.5 Å². The summed E-state index contributed by atoms with van der Waals surface area (Å²) in [5.41, 5.74) is -0.510. The molecule has 1 aromatic rings. The van der Waals surface area contributed by atoms with Crippen molar-refractivity contribution >= 4 is 29.2 Å². The summed E-state index contributed by atoms with van der Waals surface area (Å²) in [6.07, 6.45) is 1.12. The van der Waals surface area contributed by atoms with Gasteiger partial charge in [0.05, 0.1) is 10.5 Å². The zero-order chi connectivity index (χ0) is 15.2. The van der Waals surface area contributed by atoms with E-state index in [2.05, 4.69) is 15.2 Å². The van der Waals surface area contributed by atoms with Gasteiger partial charge in [-0.05, 0) is 0 Å². The molecule has 0 unspecified atom stereocenters. The molecule has 0 spiro atoms. The van der Waals surface area contributed by atoms with Crippen LogP contribution in [0.1, 0.15) is 10.4 Å². The number of aromatic carboxylic acids is 1. The molecule has 2 N–H and O–H groups in total. The first-order valence-electron chi connectivity index (χ1n) is 6.49. The topological polar surface area (TPSA) is 109 Å². The lowest BCUT2D eigenvalue weighted by Crippen LogP contribution is -2.36. The molecule has 0 atom stereocenters. The largest absolute Gasteiger partial charge is 0.478 e. The molecule has 1 saturated heterocycles. The quantitative estimate of drug-likeness (QED) is 0.595. The van der Waals surface area contributed by atoms with Gasteiger partial charge in [-0.2, -0.15) is 11.8 Å². The Morgan fingerprint density at radius 2 is 2.24 bits per heavy atom. The van der Waals surface area contributed by atoms with Crippen LogP contribution >= 0.6 is 11.8 Å². The van der Waals surface area contributed by atoms with Crippen molar-refractivity contribution in [3.8, 4) is 0 Å². The molecule has 9 heteroatoms. The van der Waals surface area contributed by atoms with Gasteiger partial charge in [-0.15, -0.1) is 0 Å². The van der Waals surface area contributed by atoms with Crippen molar-refractivity contribution in [3.63, 3.8) is 0 Å². The number of thioether (sulfide) groups is 1. The molecule has 1 aromatic heterocycles. The van der Waals surface area contributed by atoms with E-state index < -0.39 is 10.9 Å². The summed E-state index contributed by atoms with van der Waals surface area (Å²) in [7, 11) is 0. The van der Waals surface area contributed by atoms with Crippen molar-refractivity contribution in [2.75, 3.05) is 43.0 Å². The van der Waals surface area contributed by atoms with Gasteiger partial charge in [0.15, 0.2) is 0 Å². The number of nitrogens with one attached hydrogen (secondary N) is 1. The van der Waals surface area contributed by atoms with E-state index in [1.54, 1.807) is 0 Å². The van der Waals surface area contributed by atoms with Crippen LogP contribution in [0.15, 0.2) is 12.3 Å². The molecule has 21 heavy (non-hydrogen) atoms. The third kappa shape index (κ3) is 4.30. The highest BCUT2D eigenvalue weighted by atomic mass is 32.2. The molecule has 1 aliphatic rings. The van der Waals surface area contributed by atoms with Crippen LogP contribution in [-0.4, -0.2) is 63.6 Å². The third-order valence-electron chi connectivity index (χ3n) is 3.14. The van der Waals surface area contributed by atoms with E-state index in [0.29, 0.717) is 6.54 Å². The highest BCUT2D eigenvalue weighted by Crippen LogP contribution is 2.22. The minimum atomic E-state index is -1.23. The van der Waals surface area contributed by atoms with Crippen LogP contribution in [0, 0.1) is 10.1 Å². The van der Waals surface area contributed by atoms with Crippen molar-refractivity contribution in [2.45, 2.75) is 0 Å². The number of nitro groups is 1. The number of anilines is 1. The summed E-state index contributed by atoms with van der Waals surface area (Å²) < 4.78 is 0. The van der Waals surface area contributed by atoms with Crippen LogP contribution in [0.3, 0.4) is 0 Å². The average Bonchev–Trinajstić information content (AvgIpc) is 2.48. The maximum atomic E-state index is 11.0. The lowest BCUT2D eigenvalue weighted by molar-refractivity contribution is -0.384. The van der Waals surface area contributed by atoms with E-state index >= 15 is 0 Å². The monoisotopic (exact) mass is 312 g/mol. The molecule has 114 valence electrons. The van der Waals surface area contributed by atoms with Gasteiger partial charge in [0.25, 0.3) is 0 Å². The minimum Gasteiger partial charge on any atom is -0.478 e. The summed E-state index contributed by atoms with van der Waals surface area (Å²) in [6.45, 7) is 3.34. The standard InChI is InChI=1S/C12H16N4O4S/c17-12(18)9-7-10(16(19)20)11(14-8-9)13-1-2-15-3-5-21-6-4-15/h7-8H,1-6H2,(H,13,14)(H,17,18). The van der Waals surface area contributed by atoms with E-state index in [4.69, 9.17) is 5.11 Å². The number of aromatic nitrogens is 1. The second kappa shape index (κ2) is 7.23. The number of carboxylic acid groups (broad SMARTS) is 1. The Hall–Kier alpha value is -1.87. The number of hydrogen-bond donors (Lipinski definition) is 2. The predicted octanol–water partition coefficient (Wildman–Crippen LogP) is 1.15. The smallest absolute Gasteiger partial charge is 0.337 e. The first kappa shape index (κ1) is 15.5. The van der Waals surface area contributed by atoms with Crippen LogP contribution in [0.25, 0.3) is 0 Å². The van der Waals surface area contributed by atoms with Gasteiger partial charge < -0.3 is 10.4 Å². The molecule has 1 fully saturated rings. The van der Waals surface area contributed by atoms with Gasteiger partial charge in [-0.25, -0.2) is 9.78 Å². The summed E-state index contributed by atoms with van der Waals surface area (Å²) in [5, 5.41) is 22.7. The molecule has 2 heterocycles. The minimum absolute atomic E-state index is 0.108. The van der Waals surface area contributed by atoms with Crippen molar-refractivity contribution < 1.29 is 14.8 Å². The van der Waals surface area contributed by atoms with Crippen molar-refractivity contribution in [1.82, 2.24) is 9.88 Å². The highest BCUT2D eigenvalue weighted by molar-refractivity contribution is 7.99. The molecule has 0 amide bonds. The second-order valence-corrected chi connectivity index (χ2v) is 5.76. The average molecular weight is 312 g/mol. The zero-order valence-electron chi connectivity index (χ0n) is 11.3. The Balaban J connectivity index is 1.98. The predicted molar refractivity (Wildman–Crippen MR) is 80.1 cm³/mol. The number of pyridine rings is 1. The summed E-state index contributed by atoms with van der Waals surface area (Å²) in [4.78, 5) is 27.3. The van der Waals surface area contributed by atoms with Crippen LogP contribution in [0.5, 0.6) is 0 Å². The second-order valence-electron chi connectivity index (χ2n) is 4.53. The number of nitrogens with zero attached hydrogens (tertiary/aromatic N) is 3. The first-order valence-corrected chi connectivity index (χ1v) is 7.65. The van der Waals surface area contributed by atoms with E-state index in [-0.39, 0.29) is 17.1 Å².